The summed E-state index contributed by atoms with van der Waals surface area (Å²) in [5.41, 5.74) is 7.91. The van der Waals surface area contributed by atoms with Gasteiger partial charge in [-0.3, -0.25) is 9.59 Å². The van der Waals surface area contributed by atoms with Gasteiger partial charge in [0.2, 0.25) is 0 Å². The van der Waals surface area contributed by atoms with E-state index in [2.05, 4.69) is 10.0 Å². The third kappa shape index (κ3) is 5.70. The molecular formula is C15H17ClFN3O3S. The number of carbonyl (C=O) groups is 2. The van der Waals surface area contributed by atoms with Crippen molar-refractivity contribution in [3.8, 4) is 0 Å². The first-order valence-corrected chi connectivity index (χ1v) is 8.62. The molecule has 24 heavy (non-hydrogen) atoms. The summed E-state index contributed by atoms with van der Waals surface area (Å²) < 4.78 is 19.0. The number of nitrogens with zero attached hydrogens (tertiary/aromatic N) is 3. The number of ether oxygens (including phenoxy) is 1. The summed E-state index contributed by atoms with van der Waals surface area (Å²) in [5, 5.41) is 2.42. The SMILES string of the molecule is CCCOC(=O)C(CCC)Sc1cc(C(=O)N=[N+]=[N-])c(F)cc1Cl. The van der Waals surface area contributed by atoms with Crippen LogP contribution in [-0.4, -0.2) is 23.7 Å². The molecule has 0 aliphatic carbocycles. The van der Waals surface area contributed by atoms with Crippen molar-refractivity contribution in [2.75, 3.05) is 6.61 Å². The highest BCUT2D eigenvalue weighted by molar-refractivity contribution is 8.00. The molecule has 1 rings (SSSR count). The minimum Gasteiger partial charge on any atom is -0.465 e. The second-order valence-corrected chi connectivity index (χ2v) is 6.47. The Morgan fingerprint density at radius 2 is 2.12 bits per heavy atom. The van der Waals surface area contributed by atoms with E-state index < -0.39 is 22.5 Å². The molecule has 1 aromatic carbocycles. The van der Waals surface area contributed by atoms with Crippen molar-refractivity contribution in [3.63, 3.8) is 0 Å². The molecule has 0 saturated heterocycles. The molecule has 0 radical (unpaired) electrons. The molecule has 0 spiro atoms. The summed E-state index contributed by atoms with van der Waals surface area (Å²) in [6, 6.07) is 2.15. The molecular weight excluding hydrogens is 357 g/mol. The number of rotatable bonds is 8. The van der Waals surface area contributed by atoms with Crippen LogP contribution in [-0.2, 0) is 9.53 Å². The van der Waals surface area contributed by atoms with Crippen molar-refractivity contribution in [2.24, 2.45) is 5.11 Å². The van der Waals surface area contributed by atoms with Crippen molar-refractivity contribution in [2.45, 2.75) is 43.3 Å². The summed E-state index contributed by atoms with van der Waals surface area (Å²) in [6.07, 6.45) is 1.99. The molecule has 0 bridgehead atoms. The van der Waals surface area contributed by atoms with E-state index in [1.165, 1.54) is 6.07 Å². The minimum atomic E-state index is -1.05. The predicted octanol–water partition coefficient (Wildman–Crippen LogP) is 5.14. The van der Waals surface area contributed by atoms with Gasteiger partial charge in [-0.1, -0.05) is 31.9 Å². The molecule has 1 aromatic rings. The lowest BCUT2D eigenvalue weighted by Crippen LogP contribution is -2.20. The van der Waals surface area contributed by atoms with E-state index in [0.29, 0.717) is 24.3 Å². The van der Waals surface area contributed by atoms with Gasteiger partial charge in [0.25, 0.3) is 5.91 Å². The van der Waals surface area contributed by atoms with Crippen LogP contribution in [0.5, 0.6) is 0 Å². The predicted molar refractivity (Wildman–Crippen MR) is 90.7 cm³/mol. The zero-order valence-corrected chi connectivity index (χ0v) is 14.9. The van der Waals surface area contributed by atoms with E-state index in [0.717, 1.165) is 24.2 Å². The Kier molecular flexibility index (Phi) is 8.60. The van der Waals surface area contributed by atoms with E-state index in [1.807, 2.05) is 13.8 Å². The quantitative estimate of drug-likeness (QED) is 0.207. The van der Waals surface area contributed by atoms with Gasteiger partial charge in [-0.25, -0.2) is 4.39 Å². The van der Waals surface area contributed by atoms with Gasteiger partial charge in [0.05, 0.1) is 17.2 Å². The van der Waals surface area contributed by atoms with Crippen LogP contribution in [0.2, 0.25) is 5.02 Å². The fourth-order valence-electron chi connectivity index (χ4n) is 1.81. The monoisotopic (exact) mass is 373 g/mol. The van der Waals surface area contributed by atoms with Gasteiger partial charge in [0, 0.05) is 9.81 Å². The van der Waals surface area contributed by atoms with Gasteiger partial charge in [-0.15, -0.1) is 11.8 Å². The van der Waals surface area contributed by atoms with Crippen LogP contribution in [0.3, 0.4) is 0 Å². The minimum absolute atomic E-state index is 0.0689. The molecule has 1 amide bonds. The van der Waals surface area contributed by atoms with Crippen LogP contribution in [0.15, 0.2) is 22.1 Å². The van der Waals surface area contributed by atoms with Crippen molar-refractivity contribution < 1.29 is 18.7 Å². The van der Waals surface area contributed by atoms with Gasteiger partial charge < -0.3 is 4.74 Å². The van der Waals surface area contributed by atoms with Crippen LogP contribution in [0.1, 0.15) is 43.5 Å². The third-order valence-electron chi connectivity index (χ3n) is 2.92. The van der Waals surface area contributed by atoms with Crippen molar-refractivity contribution >= 4 is 35.2 Å². The van der Waals surface area contributed by atoms with Gasteiger partial charge >= 0.3 is 5.97 Å². The standard InChI is InChI=1S/C15H17ClFN3O3S/c1-3-5-12(15(22)23-6-4-2)24-13-7-9(14(21)19-20-18)11(17)8-10(13)16/h7-8,12H,3-6H2,1-2H3. The van der Waals surface area contributed by atoms with Crippen molar-refractivity contribution in [1.29, 1.82) is 0 Å². The Balaban J connectivity index is 3.09. The smallest absolute Gasteiger partial charge is 0.319 e. The highest BCUT2D eigenvalue weighted by Gasteiger charge is 2.23. The number of esters is 1. The number of hydrogen-bond donors (Lipinski definition) is 0. The molecule has 9 heteroatoms. The highest BCUT2D eigenvalue weighted by Crippen LogP contribution is 2.35. The summed E-state index contributed by atoms with van der Waals surface area (Å²) in [4.78, 5) is 26.4. The Morgan fingerprint density at radius 1 is 1.42 bits per heavy atom. The lowest BCUT2D eigenvalue weighted by molar-refractivity contribution is -0.143. The van der Waals surface area contributed by atoms with Crippen molar-refractivity contribution in [3.05, 3.63) is 39.0 Å². The average molecular weight is 374 g/mol. The normalized spacial score (nSPS) is 11.5. The zero-order chi connectivity index (χ0) is 18.1. The molecule has 0 aliphatic rings. The first-order chi connectivity index (χ1) is 11.4. The van der Waals surface area contributed by atoms with E-state index in [1.54, 1.807) is 0 Å². The molecule has 0 N–H and O–H groups in total. The maximum Gasteiger partial charge on any atom is 0.319 e. The number of hydrogen-bond acceptors (Lipinski definition) is 4. The molecule has 130 valence electrons. The molecule has 0 heterocycles. The van der Waals surface area contributed by atoms with Gasteiger partial charge in [0.1, 0.15) is 11.1 Å². The molecule has 1 unspecified atom stereocenters. The second kappa shape index (κ2) is 10.2. The molecule has 0 fully saturated rings. The third-order valence-corrected chi connectivity index (χ3v) is 4.65. The first kappa shape index (κ1) is 20.3. The van der Waals surface area contributed by atoms with Crippen LogP contribution in [0.4, 0.5) is 4.39 Å². The summed E-state index contributed by atoms with van der Waals surface area (Å²) in [7, 11) is 0. The van der Waals surface area contributed by atoms with Crippen LogP contribution >= 0.6 is 23.4 Å². The summed E-state index contributed by atoms with van der Waals surface area (Å²) in [5.74, 6) is -2.32. The van der Waals surface area contributed by atoms with Crippen LogP contribution in [0.25, 0.3) is 10.4 Å². The van der Waals surface area contributed by atoms with Gasteiger partial charge in [-0.05, 0) is 35.6 Å². The van der Waals surface area contributed by atoms with Gasteiger partial charge in [0.15, 0.2) is 0 Å². The van der Waals surface area contributed by atoms with Crippen LogP contribution < -0.4 is 0 Å². The zero-order valence-electron chi connectivity index (χ0n) is 13.3. The van der Waals surface area contributed by atoms with Gasteiger partial charge in [-0.2, -0.15) is 0 Å². The Labute approximate surface area is 148 Å². The molecule has 1 atom stereocenters. The Morgan fingerprint density at radius 3 is 2.71 bits per heavy atom. The van der Waals surface area contributed by atoms with E-state index in [-0.39, 0.29) is 11.0 Å². The topological polar surface area (TPSA) is 92.1 Å². The van der Waals surface area contributed by atoms with E-state index >= 15 is 0 Å². The molecule has 6 nitrogen and oxygen atoms in total. The Hall–Kier alpha value is -1.76. The van der Waals surface area contributed by atoms with Crippen molar-refractivity contribution in [1.82, 2.24) is 0 Å². The number of amides is 1. The lowest BCUT2D eigenvalue weighted by Gasteiger charge is -2.16. The lowest BCUT2D eigenvalue weighted by atomic mass is 10.2. The largest absolute Gasteiger partial charge is 0.465 e. The summed E-state index contributed by atoms with van der Waals surface area (Å²) in [6.45, 7) is 4.13. The summed E-state index contributed by atoms with van der Waals surface area (Å²) >= 11 is 7.11. The highest BCUT2D eigenvalue weighted by atomic mass is 35.5. The number of carbonyl (C=O) groups excluding carboxylic acids is 2. The number of halogens is 2. The van der Waals surface area contributed by atoms with E-state index in [4.69, 9.17) is 21.9 Å². The molecule has 0 aromatic heterocycles. The number of benzene rings is 1. The fourth-order valence-corrected chi connectivity index (χ4v) is 3.28. The molecule has 0 aliphatic heterocycles. The Bertz CT molecular complexity index is 666. The number of thioether (sulfide) groups is 1. The first-order valence-electron chi connectivity index (χ1n) is 7.36. The van der Waals surface area contributed by atoms with E-state index in [9.17, 15) is 14.0 Å². The average Bonchev–Trinajstić information content (AvgIpc) is 2.54. The number of azide groups is 1. The van der Waals surface area contributed by atoms with Crippen LogP contribution in [0, 0.1) is 5.82 Å². The maximum absolute atomic E-state index is 13.8. The maximum atomic E-state index is 13.8. The molecule has 0 saturated carbocycles. The second-order valence-electron chi connectivity index (χ2n) is 4.82. The fraction of sp³-hybridized carbons (Fsp3) is 0.467.